The highest BCUT2D eigenvalue weighted by atomic mass is 35.5. The van der Waals surface area contributed by atoms with Gasteiger partial charge < -0.3 is 4.74 Å². The maximum atomic E-state index is 11.8. The molecule has 0 unspecified atom stereocenters. The van der Waals surface area contributed by atoms with Crippen LogP contribution < -0.4 is 8.56 Å². The highest BCUT2D eigenvalue weighted by Gasteiger charge is 2.27. The first kappa shape index (κ1) is 20.0. The molecular formula is C13H7Cl6NO3S. The van der Waals surface area contributed by atoms with E-state index in [9.17, 15) is 8.42 Å². The molecule has 2 aromatic carbocycles. The van der Waals surface area contributed by atoms with Crippen molar-refractivity contribution in [1.82, 2.24) is 0 Å². The minimum absolute atomic E-state index is 0.0454. The summed E-state index contributed by atoms with van der Waals surface area (Å²) in [6.45, 7) is 0. The summed E-state index contributed by atoms with van der Waals surface area (Å²) in [4.78, 5) is 0. The van der Waals surface area contributed by atoms with E-state index in [1.807, 2.05) is 0 Å². The van der Waals surface area contributed by atoms with Gasteiger partial charge in [0.1, 0.15) is 11.4 Å². The molecule has 0 aliphatic rings. The highest BCUT2D eigenvalue weighted by Crippen LogP contribution is 2.48. The lowest BCUT2D eigenvalue weighted by atomic mass is 10.3. The predicted molar refractivity (Wildman–Crippen MR) is 101 cm³/mol. The Balaban J connectivity index is 2.64. The lowest BCUT2D eigenvalue weighted by Crippen LogP contribution is -2.20. The van der Waals surface area contributed by atoms with Crippen molar-refractivity contribution in [2.24, 2.45) is 0 Å². The smallest absolute Gasteiger partial charge is 0.246 e. The van der Waals surface area contributed by atoms with Crippen LogP contribution in [0.1, 0.15) is 0 Å². The van der Waals surface area contributed by atoms with Crippen LogP contribution in [0.15, 0.2) is 24.3 Å². The summed E-state index contributed by atoms with van der Waals surface area (Å²) in [5, 5.41) is 0.372. The Labute approximate surface area is 168 Å². The number of halogens is 6. The molecule has 2 rings (SSSR count). The topological polar surface area (TPSA) is 46.6 Å². The van der Waals surface area contributed by atoms with Crippen LogP contribution in [0.25, 0.3) is 0 Å². The van der Waals surface area contributed by atoms with E-state index in [2.05, 4.69) is 0 Å². The largest absolute Gasteiger partial charge is 0.453 e. The number of ether oxygens (including phenoxy) is 1. The third-order valence-electron chi connectivity index (χ3n) is 2.68. The van der Waals surface area contributed by atoms with E-state index in [1.165, 1.54) is 24.3 Å². The zero-order valence-corrected chi connectivity index (χ0v) is 17.0. The van der Waals surface area contributed by atoms with Gasteiger partial charge in [0.05, 0.1) is 26.3 Å². The molecule has 0 fully saturated rings. The first-order chi connectivity index (χ1) is 11.0. The molecule has 0 aliphatic heterocycles. The van der Waals surface area contributed by atoms with Gasteiger partial charge in [-0.1, -0.05) is 58.0 Å². The number of sulfonamides is 1. The first-order valence-corrected chi connectivity index (χ1v) is 10.1. The fourth-order valence-corrected chi connectivity index (χ4v) is 3.53. The number of hydrogen-bond donors (Lipinski definition) is 0. The molecule has 0 N–H and O–H groups in total. The Morgan fingerprint density at radius 1 is 0.917 bits per heavy atom. The summed E-state index contributed by atoms with van der Waals surface area (Å²) in [6, 6.07) is 5.75. The van der Waals surface area contributed by atoms with Gasteiger partial charge in [-0.2, -0.15) is 3.82 Å². The van der Waals surface area contributed by atoms with E-state index in [0.29, 0.717) is 8.85 Å². The molecule has 2 aromatic rings. The molecule has 11 heteroatoms. The number of rotatable bonds is 4. The van der Waals surface area contributed by atoms with Crippen molar-refractivity contribution in [1.29, 1.82) is 0 Å². The van der Waals surface area contributed by atoms with Crippen molar-refractivity contribution in [2.45, 2.75) is 0 Å². The van der Waals surface area contributed by atoms with E-state index in [1.54, 1.807) is 0 Å². The van der Waals surface area contributed by atoms with Gasteiger partial charge in [-0.05, 0) is 18.2 Å². The third-order valence-corrected chi connectivity index (χ3v) is 6.15. The molecule has 0 aliphatic carbocycles. The van der Waals surface area contributed by atoms with Crippen LogP contribution in [0.2, 0.25) is 25.1 Å². The van der Waals surface area contributed by atoms with Crippen molar-refractivity contribution in [3.8, 4) is 11.5 Å². The molecule has 4 nitrogen and oxygen atoms in total. The quantitative estimate of drug-likeness (QED) is 0.371. The second-order valence-electron chi connectivity index (χ2n) is 4.49. The van der Waals surface area contributed by atoms with Gasteiger partial charge in [-0.15, -0.1) is 0 Å². The molecular weight excluding hydrogens is 463 g/mol. The Hall–Kier alpha value is -0.270. The Bertz CT molecular complexity index is 903. The summed E-state index contributed by atoms with van der Waals surface area (Å²) >= 11 is 35.8. The van der Waals surface area contributed by atoms with Gasteiger partial charge in [-0.25, -0.2) is 8.42 Å². The monoisotopic (exact) mass is 467 g/mol. The molecule has 0 amide bonds. The molecule has 0 saturated carbocycles. The van der Waals surface area contributed by atoms with E-state index in [0.717, 1.165) is 6.26 Å². The predicted octanol–water partition coefficient (Wildman–Crippen LogP) is 6.67. The van der Waals surface area contributed by atoms with Crippen LogP contribution in [0.5, 0.6) is 11.5 Å². The SMILES string of the molecule is CS(=O)(=O)N(Cl)c1c(Oc2ccc(Cl)cc2Cl)cc(Cl)c(Cl)c1Cl. The first-order valence-electron chi connectivity index (χ1n) is 5.99. The van der Waals surface area contributed by atoms with Gasteiger partial charge in [0.2, 0.25) is 10.0 Å². The fraction of sp³-hybridized carbons (Fsp3) is 0.0769. The van der Waals surface area contributed by atoms with Crippen LogP contribution in [0, 0.1) is 0 Å². The summed E-state index contributed by atoms with van der Waals surface area (Å²) in [5.74, 6) is 0.134. The number of nitrogens with zero attached hydrogens (tertiary/aromatic N) is 1. The molecule has 24 heavy (non-hydrogen) atoms. The molecule has 0 bridgehead atoms. The van der Waals surface area contributed by atoms with Crippen LogP contribution in [-0.4, -0.2) is 14.7 Å². The van der Waals surface area contributed by atoms with E-state index >= 15 is 0 Å². The molecule has 0 heterocycles. The Morgan fingerprint density at radius 3 is 2.08 bits per heavy atom. The van der Waals surface area contributed by atoms with Crippen molar-refractivity contribution in [2.75, 3.05) is 10.1 Å². The molecule has 0 aromatic heterocycles. The minimum Gasteiger partial charge on any atom is -0.453 e. The van der Waals surface area contributed by atoms with Gasteiger partial charge >= 0.3 is 0 Å². The van der Waals surface area contributed by atoms with E-state index in [-0.39, 0.29) is 37.3 Å². The molecule has 0 atom stereocenters. The number of hydrogen-bond acceptors (Lipinski definition) is 3. The molecule has 0 saturated heterocycles. The standard InChI is InChI=1S/C13H7Cl6NO3S/c1-24(21,22)20(19)13-10(5-8(16)11(17)12(13)18)23-9-3-2-6(14)4-7(9)15/h2-5H,1H3. The van der Waals surface area contributed by atoms with Gasteiger partial charge in [-0.3, -0.25) is 0 Å². The van der Waals surface area contributed by atoms with Crippen LogP contribution in [-0.2, 0) is 10.0 Å². The zero-order chi connectivity index (χ0) is 18.2. The lowest BCUT2D eigenvalue weighted by molar-refractivity contribution is 0.484. The lowest BCUT2D eigenvalue weighted by Gasteiger charge is -2.20. The Morgan fingerprint density at radius 2 is 1.54 bits per heavy atom. The molecule has 0 spiro atoms. The minimum atomic E-state index is -3.86. The van der Waals surface area contributed by atoms with Crippen LogP contribution in [0.4, 0.5) is 5.69 Å². The second kappa shape index (κ2) is 7.54. The fourth-order valence-electron chi connectivity index (χ4n) is 1.65. The summed E-state index contributed by atoms with van der Waals surface area (Å²) in [5.41, 5.74) is -0.193. The summed E-state index contributed by atoms with van der Waals surface area (Å²) in [7, 11) is -3.86. The van der Waals surface area contributed by atoms with Gasteiger partial charge in [0.15, 0.2) is 5.75 Å². The van der Waals surface area contributed by atoms with Gasteiger partial charge in [0, 0.05) is 22.9 Å². The van der Waals surface area contributed by atoms with Crippen molar-refractivity contribution in [3.63, 3.8) is 0 Å². The van der Waals surface area contributed by atoms with E-state index in [4.69, 9.17) is 74.5 Å². The second-order valence-corrected chi connectivity index (χ2v) is 8.86. The van der Waals surface area contributed by atoms with E-state index < -0.39 is 10.0 Å². The van der Waals surface area contributed by atoms with Crippen LogP contribution in [0.3, 0.4) is 0 Å². The average molecular weight is 470 g/mol. The normalized spacial score (nSPS) is 11.5. The average Bonchev–Trinajstić information content (AvgIpc) is 2.46. The number of benzene rings is 2. The molecule has 0 radical (unpaired) electrons. The Kier molecular flexibility index (Phi) is 6.30. The van der Waals surface area contributed by atoms with Crippen molar-refractivity contribution < 1.29 is 13.2 Å². The maximum absolute atomic E-state index is 11.8. The van der Waals surface area contributed by atoms with Crippen LogP contribution >= 0.6 is 69.8 Å². The highest BCUT2D eigenvalue weighted by molar-refractivity contribution is 7.93. The summed E-state index contributed by atoms with van der Waals surface area (Å²) < 4.78 is 29.5. The number of anilines is 1. The zero-order valence-electron chi connectivity index (χ0n) is 11.7. The summed E-state index contributed by atoms with van der Waals surface area (Å²) in [6.07, 6.45) is 0.887. The third kappa shape index (κ3) is 4.28. The van der Waals surface area contributed by atoms with Gasteiger partial charge in [0.25, 0.3) is 0 Å². The van der Waals surface area contributed by atoms with Crippen molar-refractivity contribution >= 4 is 85.5 Å². The molecule has 130 valence electrons. The maximum Gasteiger partial charge on any atom is 0.246 e. The van der Waals surface area contributed by atoms with Crippen molar-refractivity contribution in [3.05, 3.63) is 49.4 Å².